The van der Waals surface area contributed by atoms with Gasteiger partial charge >= 0.3 is 5.97 Å². The Morgan fingerprint density at radius 3 is 2.37 bits per heavy atom. The molecule has 19 heavy (non-hydrogen) atoms. The normalized spacial score (nSPS) is 17.7. The van der Waals surface area contributed by atoms with Gasteiger partial charge in [0.05, 0.1) is 0 Å². The van der Waals surface area contributed by atoms with E-state index in [2.05, 4.69) is 5.32 Å². The molecule has 1 fully saturated rings. The molecule has 0 heterocycles. The van der Waals surface area contributed by atoms with Crippen LogP contribution in [-0.2, 0) is 4.79 Å². The maximum absolute atomic E-state index is 12.3. The summed E-state index contributed by atoms with van der Waals surface area (Å²) in [6, 6.07) is 7.22. The molecule has 0 bridgehead atoms. The lowest BCUT2D eigenvalue weighted by atomic mass is 9.81. The molecular formula is C15H19NO3. The Bertz CT molecular complexity index is 490. The average Bonchev–Trinajstić information content (AvgIpc) is 2.40. The van der Waals surface area contributed by atoms with E-state index in [1.165, 1.54) is 0 Å². The van der Waals surface area contributed by atoms with Crippen LogP contribution in [0.1, 0.15) is 48.0 Å². The number of carbonyl (C=O) groups excluding carboxylic acids is 1. The van der Waals surface area contributed by atoms with E-state index in [4.69, 9.17) is 0 Å². The van der Waals surface area contributed by atoms with Gasteiger partial charge in [0.25, 0.3) is 5.91 Å². The van der Waals surface area contributed by atoms with Crippen molar-refractivity contribution in [3.8, 4) is 0 Å². The highest BCUT2D eigenvalue weighted by Gasteiger charge is 2.41. The molecule has 1 aromatic rings. The predicted molar refractivity (Wildman–Crippen MR) is 72.1 cm³/mol. The Labute approximate surface area is 112 Å². The highest BCUT2D eigenvalue weighted by molar-refractivity contribution is 5.99. The van der Waals surface area contributed by atoms with Crippen LogP contribution in [0.5, 0.6) is 0 Å². The molecule has 0 spiro atoms. The van der Waals surface area contributed by atoms with Crippen LogP contribution in [0.3, 0.4) is 0 Å². The van der Waals surface area contributed by atoms with Gasteiger partial charge in [-0.1, -0.05) is 37.5 Å². The standard InChI is InChI=1S/C15H19NO3/c1-11-7-3-4-8-12(11)13(17)16-15(14(18)19)9-5-2-6-10-15/h3-4,7-8H,2,5-6,9-10H2,1H3,(H,16,17)(H,18,19). The van der Waals surface area contributed by atoms with Crippen molar-refractivity contribution in [2.75, 3.05) is 0 Å². The number of aryl methyl sites for hydroxylation is 1. The Morgan fingerprint density at radius 1 is 1.16 bits per heavy atom. The summed E-state index contributed by atoms with van der Waals surface area (Å²) in [6.07, 6.45) is 3.76. The molecule has 0 aromatic heterocycles. The summed E-state index contributed by atoms with van der Waals surface area (Å²) in [5, 5.41) is 12.2. The Balaban J connectivity index is 2.20. The van der Waals surface area contributed by atoms with Gasteiger partial charge in [-0.25, -0.2) is 4.79 Å². The molecule has 1 aliphatic carbocycles. The lowest BCUT2D eigenvalue weighted by molar-refractivity contribution is -0.145. The van der Waals surface area contributed by atoms with E-state index in [9.17, 15) is 14.7 Å². The molecule has 2 rings (SSSR count). The van der Waals surface area contributed by atoms with E-state index in [1.807, 2.05) is 19.1 Å². The summed E-state index contributed by atoms with van der Waals surface area (Å²) >= 11 is 0. The number of hydrogen-bond acceptors (Lipinski definition) is 2. The van der Waals surface area contributed by atoms with Gasteiger partial charge in [-0.05, 0) is 31.4 Å². The Hall–Kier alpha value is -1.84. The van der Waals surface area contributed by atoms with E-state index in [-0.39, 0.29) is 5.91 Å². The van der Waals surface area contributed by atoms with Gasteiger partial charge in [0.15, 0.2) is 0 Å². The number of benzene rings is 1. The van der Waals surface area contributed by atoms with E-state index >= 15 is 0 Å². The molecule has 1 aliphatic rings. The topological polar surface area (TPSA) is 66.4 Å². The smallest absolute Gasteiger partial charge is 0.329 e. The summed E-state index contributed by atoms with van der Waals surface area (Å²) < 4.78 is 0. The van der Waals surface area contributed by atoms with Crippen LogP contribution in [0.2, 0.25) is 0 Å². The Kier molecular flexibility index (Phi) is 3.88. The van der Waals surface area contributed by atoms with Crippen molar-refractivity contribution >= 4 is 11.9 Å². The summed E-state index contributed by atoms with van der Waals surface area (Å²) in [7, 11) is 0. The second-order valence-electron chi connectivity index (χ2n) is 5.22. The summed E-state index contributed by atoms with van der Waals surface area (Å²) in [5.74, 6) is -1.21. The number of carboxylic acid groups (broad SMARTS) is 1. The Morgan fingerprint density at radius 2 is 1.79 bits per heavy atom. The van der Waals surface area contributed by atoms with Gasteiger partial charge in [-0.3, -0.25) is 4.79 Å². The molecule has 4 heteroatoms. The van der Waals surface area contributed by atoms with Crippen molar-refractivity contribution in [2.45, 2.75) is 44.6 Å². The first kappa shape index (κ1) is 13.6. The first-order valence-corrected chi connectivity index (χ1v) is 6.67. The zero-order chi connectivity index (χ0) is 13.9. The third-order valence-corrected chi connectivity index (χ3v) is 3.86. The fourth-order valence-corrected chi connectivity index (χ4v) is 2.66. The molecular weight excluding hydrogens is 242 g/mol. The van der Waals surface area contributed by atoms with E-state index in [0.717, 1.165) is 24.8 Å². The van der Waals surface area contributed by atoms with E-state index < -0.39 is 11.5 Å². The molecule has 2 N–H and O–H groups in total. The molecule has 0 atom stereocenters. The minimum atomic E-state index is -1.09. The van der Waals surface area contributed by atoms with Crippen molar-refractivity contribution < 1.29 is 14.7 Å². The minimum absolute atomic E-state index is 0.289. The number of amides is 1. The summed E-state index contributed by atoms with van der Waals surface area (Å²) in [4.78, 5) is 23.8. The number of carbonyl (C=O) groups is 2. The van der Waals surface area contributed by atoms with Gasteiger partial charge in [0, 0.05) is 5.56 Å². The molecule has 0 unspecified atom stereocenters. The van der Waals surface area contributed by atoms with Crippen LogP contribution in [0.15, 0.2) is 24.3 Å². The van der Waals surface area contributed by atoms with E-state index in [1.54, 1.807) is 12.1 Å². The molecule has 1 amide bonds. The maximum Gasteiger partial charge on any atom is 0.329 e. The molecule has 102 valence electrons. The quantitative estimate of drug-likeness (QED) is 0.878. The second kappa shape index (κ2) is 5.43. The average molecular weight is 261 g/mol. The monoisotopic (exact) mass is 261 g/mol. The summed E-state index contributed by atoms with van der Waals surface area (Å²) in [6.45, 7) is 1.85. The zero-order valence-electron chi connectivity index (χ0n) is 11.1. The fraction of sp³-hybridized carbons (Fsp3) is 0.467. The van der Waals surface area contributed by atoms with Gasteiger partial charge < -0.3 is 10.4 Å². The van der Waals surface area contributed by atoms with Crippen LogP contribution in [-0.4, -0.2) is 22.5 Å². The summed E-state index contributed by atoms with van der Waals surface area (Å²) in [5.41, 5.74) is 0.322. The van der Waals surface area contributed by atoms with Crippen LogP contribution >= 0.6 is 0 Å². The number of hydrogen-bond donors (Lipinski definition) is 2. The number of carboxylic acids is 1. The van der Waals surface area contributed by atoms with Crippen LogP contribution < -0.4 is 5.32 Å². The third-order valence-electron chi connectivity index (χ3n) is 3.86. The number of nitrogens with one attached hydrogen (secondary N) is 1. The first-order valence-electron chi connectivity index (χ1n) is 6.67. The minimum Gasteiger partial charge on any atom is -0.480 e. The van der Waals surface area contributed by atoms with Crippen molar-refractivity contribution in [3.05, 3.63) is 35.4 Å². The van der Waals surface area contributed by atoms with Crippen LogP contribution in [0.4, 0.5) is 0 Å². The van der Waals surface area contributed by atoms with Gasteiger partial charge in [-0.15, -0.1) is 0 Å². The SMILES string of the molecule is Cc1ccccc1C(=O)NC1(C(=O)O)CCCCC1. The van der Waals surface area contributed by atoms with Gasteiger partial charge in [0.1, 0.15) is 5.54 Å². The highest BCUT2D eigenvalue weighted by Crippen LogP contribution is 2.29. The molecule has 1 aromatic carbocycles. The van der Waals surface area contributed by atoms with E-state index in [0.29, 0.717) is 18.4 Å². The van der Waals surface area contributed by atoms with Crippen molar-refractivity contribution in [2.24, 2.45) is 0 Å². The number of rotatable bonds is 3. The third kappa shape index (κ3) is 2.78. The lowest BCUT2D eigenvalue weighted by Gasteiger charge is -2.34. The van der Waals surface area contributed by atoms with Crippen LogP contribution in [0.25, 0.3) is 0 Å². The first-order chi connectivity index (χ1) is 9.05. The number of aliphatic carboxylic acids is 1. The predicted octanol–water partition coefficient (Wildman–Crippen LogP) is 2.51. The maximum atomic E-state index is 12.3. The molecule has 0 aliphatic heterocycles. The van der Waals surface area contributed by atoms with Crippen molar-refractivity contribution in [3.63, 3.8) is 0 Å². The van der Waals surface area contributed by atoms with Crippen molar-refractivity contribution in [1.82, 2.24) is 5.32 Å². The lowest BCUT2D eigenvalue weighted by Crippen LogP contribution is -2.55. The molecule has 0 radical (unpaired) electrons. The zero-order valence-corrected chi connectivity index (χ0v) is 11.1. The van der Waals surface area contributed by atoms with Crippen LogP contribution in [0, 0.1) is 6.92 Å². The molecule has 0 saturated heterocycles. The second-order valence-corrected chi connectivity index (χ2v) is 5.22. The molecule has 4 nitrogen and oxygen atoms in total. The largest absolute Gasteiger partial charge is 0.480 e. The van der Waals surface area contributed by atoms with Crippen molar-refractivity contribution in [1.29, 1.82) is 0 Å². The van der Waals surface area contributed by atoms with Gasteiger partial charge in [-0.2, -0.15) is 0 Å². The highest BCUT2D eigenvalue weighted by atomic mass is 16.4. The fourth-order valence-electron chi connectivity index (χ4n) is 2.66. The molecule has 1 saturated carbocycles. The van der Waals surface area contributed by atoms with Gasteiger partial charge in [0.2, 0.25) is 0 Å².